The Morgan fingerprint density at radius 3 is 2.33 bits per heavy atom. The molecule has 0 heterocycles. The summed E-state index contributed by atoms with van der Waals surface area (Å²) >= 11 is 12.0. The summed E-state index contributed by atoms with van der Waals surface area (Å²) in [6.45, 7) is 7.25. The molecule has 1 aromatic rings. The number of halogens is 2. The molecule has 0 aromatic heterocycles. The average Bonchev–Trinajstić information content (AvgIpc) is 2.32. The zero-order valence-corrected chi connectivity index (χ0v) is 12.8. The van der Waals surface area contributed by atoms with E-state index in [9.17, 15) is 0 Å². The van der Waals surface area contributed by atoms with E-state index in [1.165, 1.54) is 0 Å². The lowest BCUT2D eigenvalue weighted by Gasteiger charge is -2.30. The van der Waals surface area contributed by atoms with Gasteiger partial charge < -0.3 is 10.1 Å². The van der Waals surface area contributed by atoms with E-state index in [2.05, 4.69) is 26.1 Å². The van der Waals surface area contributed by atoms with E-state index < -0.39 is 0 Å². The lowest BCUT2D eigenvalue weighted by molar-refractivity contribution is 0.0331. The molecular formula is C14H21Cl2NO. The first-order chi connectivity index (χ1) is 8.51. The first-order valence-electron chi connectivity index (χ1n) is 6.22. The Kier molecular flexibility index (Phi) is 6.44. The van der Waals surface area contributed by atoms with Crippen LogP contribution in [-0.4, -0.2) is 19.8 Å². The molecule has 0 saturated carbocycles. The maximum Gasteiger partial charge on any atom is 0.0788 e. The molecule has 1 N–H and O–H groups in total. The molecule has 1 aromatic carbocycles. The van der Waals surface area contributed by atoms with Gasteiger partial charge in [0, 0.05) is 7.11 Å². The maximum atomic E-state index is 6.08. The van der Waals surface area contributed by atoms with Gasteiger partial charge in [-0.2, -0.15) is 0 Å². The Bertz CT molecular complexity index is 382. The predicted octanol–water partition coefficient (Wildman–Crippen LogP) is 4.32. The van der Waals surface area contributed by atoms with Crippen LogP contribution in [0.25, 0.3) is 0 Å². The van der Waals surface area contributed by atoms with Crippen LogP contribution < -0.4 is 5.32 Å². The van der Waals surface area contributed by atoms with Crippen molar-refractivity contribution in [3.05, 3.63) is 33.8 Å². The van der Waals surface area contributed by atoms with Gasteiger partial charge in [-0.1, -0.05) is 50.0 Å². The minimum atomic E-state index is 0.0993. The molecule has 0 spiro atoms. The van der Waals surface area contributed by atoms with Crippen molar-refractivity contribution < 1.29 is 4.74 Å². The Morgan fingerprint density at radius 1 is 1.22 bits per heavy atom. The normalized spacial score (nSPS) is 14.8. The van der Waals surface area contributed by atoms with Crippen LogP contribution in [0.1, 0.15) is 32.4 Å². The summed E-state index contributed by atoms with van der Waals surface area (Å²) in [5, 5.41) is 4.61. The minimum absolute atomic E-state index is 0.0993. The van der Waals surface area contributed by atoms with E-state index in [0.29, 0.717) is 16.0 Å². The van der Waals surface area contributed by atoms with E-state index >= 15 is 0 Å². The van der Waals surface area contributed by atoms with Gasteiger partial charge in [-0.25, -0.2) is 0 Å². The highest BCUT2D eigenvalue weighted by Gasteiger charge is 2.25. The minimum Gasteiger partial charge on any atom is -0.379 e. The van der Waals surface area contributed by atoms with Gasteiger partial charge >= 0.3 is 0 Å². The summed E-state index contributed by atoms with van der Waals surface area (Å²) < 4.78 is 5.61. The van der Waals surface area contributed by atoms with Crippen LogP contribution in [-0.2, 0) is 4.74 Å². The largest absolute Gasteiger partial charge is 0.379 e. The fraction of sp³-hybridized carbons (Fsp3) is 0.571. The number of nitrogens with one attached hydrogen (secondary N) is 1. The zero-order chi connectivity index (χ0) is 13.7. The molecule has 0 fully saturated rings. The van der Waals surface area contributed by atoms with E-state index in [1.807, 2.05) is 18.2 Å². The predicted molar refractivity (Wildman–Crippen MR) is 78.5 cm³/mol. The molecule has 102 valence electrons. The van der Waals surface area contributed by atoms with Gasteiger partial charge in [0.05, 0.1) is 22.2 Å². The maximum absolute atomic E-state index is 6.08. The second-order valence-corrected chi connectivity index (χ2v) is 5.47. The van der Waals surface area contributed by atoms with Crippen LogP contribution in [0.15, 0.2) is 18.2 Å². The first-order valence-corrected chi connectivity index (χ1v) is 6.98. The molecule has 2 atom stereocenters. The van der Waals surface area contributed by atoms with Crippen LogP contribution in [0.4, 0.5) is 0 Å². The number of likely N-dealkylation sites (N-methyl/N-ethyl adjacent to an activating group) is 1. The fourth-order valence-corrected chi connectivity index (χ4v) is 2.45. The van der Waals surface area contributed by atoms with Gasteiger partial charge in [0.15, 0.2) is 0 Å². The number of hydrogen-bond donors (Lipinski definition) is 1. The molecule has 0 radical (unpaired) electrons. The number of benzene rings is 1. The highest BCUT2D eigenvalue weighted by molar-refractivity contribution is 6.42. The van der Waals surface area contributed by atoms with E-state index in [0.717, 1.165) is 12.1 Å². The molecule has 0 bridgehead atoms. The van der Waals surface area contributed by atoms with Gasteiger partial charge in [0.1, 0.15) is 0 Å². The molecule has 0 aliphatic carbocycles. The highest BCUT2D eigenvalue weighted by atomic mass is 35.5. The lowest BCUT2D eigenvalue weighted by Crippen LogP contribution is -2.36. The van der Waals surface area contributed by atoms with Crippen LogP contribution in [0.3, 0.4) is 0 Å². The molecule has 0 aliphatic heterocycles. The molecule has 1 rings (SSSR count). The van der Waals surface area contributed by atoms with Gasteiger partial charge in [-0.05, 0) is 30.2 Å². The third-order valence-corrected chi connectivity index (χ3v) is 3.72. The number of ether oxygens (including phenoxy) is 1. The third-order valence-electron chi connectivity index (χ3n) is 2.98. The average molecular weight is 290 g/mol. The van der Waals surface area contributed by atoms with Crippen molar-refractivity contribution in [1.82, 2.24) is 5.32 Å². The van der Waals surface area contributed by atoms with Crippen LogP contribution in [0.5, 0.6) is 0 Å². The SMILES string of the molecule is CCNC(c1ccc(Cl)c(Cl)c1)C(OC)C(C)C. The second-order valence-electron chi connectivity index (χ2n) is 4.65. The van der Waals surface area contributed by atoms with Gasteiger partial charge in [-0.3, -0.25) is 0 Å². The highest BCUT2D eigenvalue weighted by Crippen LogP contribution is 2.29. The molecule has 2 unspecified atom stereocenters. The molecule has 0 aliphatic rings. The van der Waals surface area contributed by atoms with Crippen molar-refractivity contribution >= 4 is 23.2 Å². The zero-order valence-electron chi connectivity index (χ0n) is 11.3. The molecule has 0 saturated heterocycles. The smallest absolute Gasteiger partial charge is 0.0788 e. The van der Waals surface area contributed by atoms with Gasteiger partial charge in [0.2, 0.25) is 0 Å². The van der Waals surface area contributed by atoms with Gasteiger partial charge in [-0.15, -0.1) is 0 Å². The molecule has 2 nitrogen and oxygen atoms in total. The van der Waals surface area contributed by atoms with Crippen LogP contribution in [0, 0.1) is 5.92 Å². The summed E-state index contributed by atoms with van der Waals surface area (Å²) in [5.41, 5.74) is 1.10. The monoisotopic (exact) mass is 289 g/mol. The van der Waals surface area contributed by atoms with Crippen molar-refractivity contribution in [2.45, 2.75) is 32.9 Å². The summed E-state index contributed by atoms with van der Waals surface area (Å²) in [6.07, 6.45) is 0.0993. The third kappa shape index (κ3) is 3.86. The molecule has 4 heteroatoms. The Labute approximate surface area is 120 Å². The number of methoxy groups -OCH3 is 1. The summed E-state index contributed by atoms with van der Waals surface area (Å²) in [6, 6.07) is 5.85. The summed E-state index contributed by atoms with van der Waals surface area (Å²) in [5.74, 6) is 0.411. The van der Waals surface area contributed by atoms with E-state index in [1.54, 1.807) is 7.11 Å². The topological polar surface area (TPSA) is 21.3 Å². The molecule has 0 amide bonds. The van der Waals surface area contributed by atoms with E-state index in [4.69, 9.17) is 27.9 Å². The van der Waals surface area contributed by atoms with Crippen molar-refractivity contribution in [2.24, 2.45) is 5.92 Å². The van der Waals surface area contributed by atoms with Crippen LogP contribution in [0.2, 0.25) is 10.0 Å². The van der Waals surface area contributed by atoms with Crippen molar-refractivity contribution in [2.75, 3.05) is 13.7 Å². The summed E-state index contributed by atoms with van der Waals surface area (Å²) in [7, 11) is 1.74. The lowest BCUT2D eigenvalue weighted by atomic mass is 9.93. The number of rotatable bonds is 6. The van der Waals surface area contributed by atoms with Crippen molar-refractivity contribution in [3.8, 4) is 0 Å². The summed E-state index contributed by atoms with van der Waals surface area (Å²) in [4.78, 5) is 0. The second kappa shape index (κ2) is 7.34. The van der Waals surface area contributed by atoms with Gasteiger partial charge in [0.25, 0.3) is 0 Å². The standard InChI is InChI=1S/C14H21Cl2NO/c1-5-17-13(14(18-4)9(2)3)10-6-7-11(15)12(16)8-10/h6-9,13-14,17H,5H2,1-4H3. The fourth-order valence-electron chi connectivity index (χ4n) is 2.14. The van der Waals surface area contributed by atoms with Crippen LogP contribution >= 0.6 is 23.2 Å². The Morgan fingerprint density at radius 2 is 1.89 bits per heavy atom. The molecular weight excluding hydrogens is 269 g/mol. The molecule has 18 heavy (non-hydrogen) atoms. The van der Waals surface area contributed by atoms with Crippen molar-refractivity contribution in [3.63, 3.8) is 0 Å². The quantitative estimate of drug-likeness (QED) is 0.842. The Hall–Kier alpha value is -0.280. The number of hydrogen-bond acceptors (Lipinski definition) is 2. The van der Waals surface area contributed by atoms with Crippen molar-refractivity contribution in [1.29, 1.82) is 0 Å². The Balaban J connectivity index is 3.06. The van der Waals surface area contributed by atoms with E-state index in [-0.39, 0.29) is 12.1 Å². The first kappa shape index (κ1) is 15.8.